The molecule has 0 aliphatic carbocycles. The number of hydrogen-bond donors (Lipinski definition) is 1. The molecule has 1 N–H and O–H groups in total. The van der Waals surface area contributed by atoms with Crippen LogP contribution in [-0.2, 0) is 26.4 Å². The standard InChI is InChI=1S/C28H28BrNO5/c1-27(2,3)35-26(32)30-17-18-9-5-6-10-21(18)22-11-7-8-12-23(22)24(30)28(33,25(31)34-4)19-13-15-20(29)16-14-19/h5-16,24,33H,17H2,1-4H3/t24?,28-/m1/s1. The van der Waals surface area contributed by atoms with Crippen molar-refractivity contribution in [2.75, 3.05) is 7.11 Å². The van der Waals surface area contributed by atoms with Crippen molar-refractivity contribution in [1.82, 2.24) is 4.90 Å². The molecule has 182 valence electrons. The third kappa shape index (κ3) is 4.70. The third-order valence-electron chi connectivity index (χ3n) is 6.02. The van der Waals surface area contributed by atoms with Crippen LogP contribution in [0.3, 0.4) is 0 Å². The Hall–Kier alpha value is -3.16. The first-order valence-corrected chi connectivity index (χ1v) is 12.1. The van der Waals surface area contributed by atoms with Gasteiger partial charge in [0.2, 0.25) is 5.60 Å². The number of benzene rings is 3. The van der Waals surface area contributed by atoms with E-state index in [1.54, 1.807) is 45.0 Å². The average molecular weight is 538 g/mol. The van der Waals surface area contributed by atoms with Crippen LogP contribution in [0.5, 0.6) is 0 Å². The summed E-state index contributed by atoms with van der Waals surface area (Å²) in [4.78, 5) is 28.5. The number of methoxy groups -OCH3 is 1. The summed E-state index contributed by atoms with van der Waals surface area (Å²) in [6.45, 7) is 5.46. The molecule has 0 saturated carbocycles. The Labute approximate surface area is 213 Å². The van der Waals surface area contributed by atoms with Gasteiger partial charge in [-0.2, -0.15) is 0 Å². The van der Waals surface area contributed by atoms with Crippen molar-refractivity contribution >= 4 is 28.0 Å². The second-order valence-electron chi connectivity index (χ2n) is 9.52. The minimum absolute atomic E-state index is 0.125. The molecule has 3 aromatic carbocycles. The van der Waals surface area contributed by atoms with E-state index in [2.05, 4.69) is 15.9 Å². The average Bonchev–Trinajstić information content (AvgIpc) is 2.97. The number of aliphatic hydroxyl groups is 1. The summed E-state index contributed by atoms with van der Waals surface area (Å²) in [7, 11) is 1.22. The van der Waals surface area contributed by atoms with Gasteiger partial charge in [-0.05, 0) is 60.7 Å². The van der Waals surface area contributed by atoms with Crippen molar-refractivity contribution in [3.05, 3.63) is 94.0 Å². The van der Waals surface area contributed by atoms with E-state index in [1.165, 1.54) is 12.0 Å². The Morgan fingerprint density at radius 3 is 2.17 bits per heavy atom. The first-order chi connectivity index (χ1) is 16.6. The summed E-state index contributed by atoms with van der Waals surface area (Å²) < 4.78 is 11.7. The van der Waals surface area contributed by atoms with E-state index in [0.29, 0.717) is 11.1 Å². The maximum atomic E-state index is 13.7. The van der Waals surface area contributed by atoms with Crippen LogP contribution in [0.15, 0.2) is 77.3 Å². The molecule has 0 bridgehead atoms. The van der Waals surface area contributed by atoms with Crippen molar-refractivity contribution in [1.29, 1.82) is 0 Å². The van der Waals surface area contributed by atoms with Gasteiger partial charge in [-0.25, -0.2) is 9.59 Å². The topological polar surface area (TPSA) is 76.1 Å². The number of rotatable bonds is 3. The first-order valence-electron chi connectivity index (χ1n) is 11.3. The smallest absolute Gasteiger partial charge is 0.411 e. The first kappa shape index (κ1) is 24.9. The van der Waals surface area contributed by atoms with E-state index in [0.717, 1.165) is 21.2 Å². The zero-order valence-corrected chi connectivity index (χ0v) is 21.7. The van der Waals surface area contributed by atoms with E-state index in [9.17, 15) is 14.7 Å². The second-order valence-corrected chi connectivity index (χ2v) is 10.4. The van der Waals surface area contributed by atoms with Crippen molar-refractivity contribution in [2.45, 2.75) is 44.6 Å². The lowest BCUT2D eigenvalue weighted by Gasteiger charge is -2.41. The summed E-state index contributed by atoms with van der Waals surface area (Å²) in [6.07, 6.45) is -0.645. The molecule has 7 heteroatoms. The maximum Gasteiger partial charge on any atom is 0.411 e. The highest BCUT2D eigenvalue weighted by Crippen LogP contribution is 2.48. The van der Waals surface area contributed by atoms with Gasteiger partial charge in [-0.15, -0.1) is 0 Å². The highest BCUT2D eigenvalue weighted by atomic mass is 79.9. The van der Waals surface area contributed by atoms with Gasteiger partial charge in [0.1, 0.15) is 11.6 Å². The summed E-state index contributed by atoms with van der Waals surface area (Å²) in [5, 5.41) is 12.3. The Morgan fingerprint density at radius 2 is 1.54 bits per heavy atom. The SMILES string of the molecule is COC(=O)[C@@](O)(c1ccc(Br)cc1)C1c2ccccc2-c2ccccc2CN1C(=O)OC(C)(C)C. The summed E-state index contributed by atoms with van der Waals surface area (Å²) in [5.41, 5.74) is 0.515. The quantitative estimate of drug-likeness (QED) is 0.416. The largest absolute Gasteiger partial charge is 0.467 e. The van der Waals surface area contributed by atoms with Gasteiger partial charge in [0, 0.05) is 4.47 Å². The van der Waals surface area contributed by atoms with Gasteiger partial charge in [-0.3, -0.25) is 4.90 Å². The minimum atomic E-state index is -2.22. The van der Waals surface area contributed by atoms with E-state index in [1.807, 2.05) is 48.5 Å². The molecule has 0 radical (unpaired) electrons. The lowest BCUT2D eigenvalue weighted by Crippen LogP contribution is -2.52. The molecule has 1 amide bonds. The lowest BCUT2D eigenvalue weighted by molar-refractivity contribution is -0.173. The highest BCUT2D eigenvalue weighted by molar-refractivity contribution is 9.10. The number of amides is 1. The number of fused-ring (bicyclic) bond motifs is 3. The van der Waals surface area contributed by atoms with Crippen LogP contribution in [0.1, 0.15) is 43.5 Å². The molecule has 1 unspecified atom stereocenters. The maximum absolute atomic E-state index is 13.7. The predicted molar refractivity (Wildman–Crippen MR) is 136 cm³/mol. The van der Waals surface area contributed by atoms with Crippen molar-refractivity contribution < 1.29 is 24.2 Å². The molecule has 1 aliphatic rings. The molecule has 4 rings (SSSR count). The van der Waals surface area contributed by atoms with E-state index in [4.69, 9.17) is 9.47 Å². The zero-order valence-electron chi connectivity index (χ0n) is 20.1. The molecule has 3 aromatic rings. The predicted octanol–water partition coefficient (Wildman–Crippen LogP) is 5.97. The second kappa shape index (κ2) is 9.47. The third-order valence-corrected chi connectivity index (χ3v) is 6.55. The Balaban J connectivity index is 2.03. The molecule has 1 heterocycles. The van der Waals surface area contributed by atoms with Crippen LogP contribution >= 0.6 is 15.9 Å². The molecule has 1 aliphatic heterocycles. The molecule has 6 nitrogen and oxygen atoms in total. The highest BCUT2D eigenvalue weighted by Gasteiger charge is 2.53. The number of nitrogens with zero attached hydrogens (tertiary/aromatic N) is 1. The number of carbonyl (C=O) groups is 2. The van der Waals surface area contributed by atoms with Crippen LogP contribution in [0.2, 0.25) is 0 Å². The minimum Gasteiger partial charge on any atom is -0.467 e. The molecular formula is C28H28BrNO5. The monoisotopic (exact) mass is 537 g/mol. The number of halogens is 1. The van der Waals surface area contributed by atoms with Crippen LogP contribution in [0.4, 0.5) is 4.79 Å². The van der Waals surface area contributed by atoms with Gasteiger partial charge in [0.05, 0.1) is 13.7 Å². The summed E-state index contributed by atoms with van der Waals surface area (Å²) in [5.74, 6) is -0.876. The van der Waals surface area contributed by atoms with Gasteiger partial charge in [0.25, 0.3) is 0 Å². The molecule has 0 saturated heterocycles. The van der Waals surface area contributed by atoms with E-state index in [-0.39, 0.29) is 6.54 Å². The van der Waals surface area contributed by atoms with Gasteiger partial charge in [0.15, 0.2) is 0 Å². The fourth-order valence-corrected chi connectivity index (χ4v) is 4.80. The Morgan fingerprint density at radius 1 is 0.943 bits per heavy atom. The van der Waals surface area contributed by atoms with E-state index < -0.39 is 29.3 Å². The van der Waals surface area contributed by atoms with Gasteiger partial charge >= 0.3 is 12.1 Å². The molecule has 0 fully saturated rings. The molecule has 0 spiro atoms. The number of carbonyl (C=O) groups excluding carboxylic acids is 2. The molecular weight excluding hydrogens is 510 g/mol. The Bertz CT molecular complexity index is 1250. The lowest BCUT2D eigenvalue weighted by atomic mass is 9.79. The Kier molecular flexibility index (Phi) is 6.75. The van der Waals surface area contributed by atoms with E-state index >= 15 is 0 Å². The van der Waals surface area contributed by atoms with Gasteiger partial charge < -0.3 is 14.6 Å². The van der Waals surface area contributed by atoms with Crippen LogP contribution < -0.4 is 0 Å². The van der Waals surface area contributed by atoms with Crippen molar-refractivity contribution in [3.8, 4) is 11.1 Å². The molecule has 35 heavy (non-hydrogen) atoms. The number of hydrogen-bond acceptors (Lipinski definition) is 5. The molecule has 2 atom stereocenters. The van der Waals surface area contributed by atoms with Crippen molar-refractivity contribution in [3.63, 3.8) is 0 Å². The normalized spacial score (nSPS) is 16.9. The fourth-order valence-electron chi connectivity index (χ4n) is 4.53. The summed E-state index contributed by atoms with van der Waals surface area (Å²) >= 11 is 3.41. The zero-order chi connectivity index (χ0) is 25.4. The molecule has 0 aromatic heterocycles. The van der Waals surface area contributed by atoms with Crippen LogP contribution in [0.25, 0.3) is 11.1 Å². The number of ether oxygens (including phenoxy) is 2. The number of esters is 1. The van der Waals surface area contributed by atoms with Gasteiger partial charge in [-0.1, -0.05) is 76.6 Å². The summed E-state index contributed by atoms with van der Waals surface area (Å²) in [6, 6.07) is 20.8. The van der Waals surface area contributed by atoms with Crippen molar-refractivity contribution in [2.24, 2.45) is 0 Å². The van der Waals surface area contributed by atoms with Crippen LogP contribution in [0, 0.1) is 0 Å². The fraction of sp³-hybridized carbons (Fsp3) is 0.286. The van der Waals surface area contributed by atoms with Crippen LogP contribution in [-0.4, -0.2) is 34.8 Å².